The zero-order valence-electron chi connectivity index (χ0n) is 15.1. The first-order valence-corrected chi connectivity index (χ1v) is 9.95. The number of hydrogen-bond donors (Lipinski definition) is 1. The summed E-state index contributed by atoms with van der Waals surface area (Å²) in [6.45, 7) is 2.70. The Labute approximate surface area is 162 Å². The summed E-state index contributed by atoms with van der Waals surface area (Å²) in [6, 6.07) is 18.4. The van der Waals surface area contributed by atoms with Crippen molar-refractivity contribution in [1.82, 2.24) is 25.5 Å². The van der Waals surface area contributed by atoms with Crippen molar-refractivity contribution in [1.29, 1.82) is 0 Å². The van der Waals surface area contributed by atoms with Crippen LogP contribution in [0.2, 0.25) is 0 Å². The molecule has 1 aliphatic rings. The molecule has 1 saturated carbocycles. The lowest BCUT2D eigenvalue weighted by molar-refractivity contribution is -0.118. The maximum atomic E-state index is 12.3. The van der Waals surface area contributed by atoms with Gasteiger partial charge >= 0.3 is 0 Å². The Hall–Kier alpha value is -2.67. The van der Waals surface area contributed by atoms with Crippen LogP contribution in [0.1, 0.15) is 24.0 Å². The van der Waals surface area contributed by atoms with E-state index >= 15 is 0 Å². The Morgan fingerprint density at radius 1 is 1.19 bits per heavy atom. The molecule has 1 amide bonds. The van der Waals surface area contributed by atoms with E-state index in [4.69, 9.17) is 0 Å². The van der Waals surface area contributed by atoms with Crippen molar-refractivity contribution in [3.05, 3.63) is 65.7 Å². The number of carbonyl (C=O) groups excluding carboxylic acids is 1. The lowest BCUT2D eigenvalue weighted by atomic mass is 9.96. The number of amides is 1. The van der Waals surface area contributed by atoms with Crippen LogP contribution in [0.25, 0.3) is 5.69 Å². The summed E-state index contributed by atoms with van der Waals surface area (Å²) in [5, 5.41) is 15.5. The van der Waals surface area contributed by atoms with Crippen LogP contribution in [0.4, 0.5) is 0 Å². The van der Waals surface area contributed by atoms with E-state index in [1.54, 1.807) is 4.68 Å². The lowest BCUT2D eigenvalue weighted by Crippen LogP contribution is -2.33. The minimum absolute atomic E-state index is 0.000924. The molecule has 1 fully saturated rings. The molecule has 27 heavy (non-hydrogen) atoms. The second-order valence-corrected chi connectivity index (χ2v) is 7.87. The van der Waals surface area contributed by atoms with Gasteiger partial charge in [-0.25, -0.2) is 0 Å². The van der Waals surface area contributed by atoms with E-state index in [1.165, 1.54) is 17.3 Å². The number of carbonyl (C=O) groups is 1. The number of hydrogen-bond acceptors (Lipinski definition) is 5. The molecule has 0 bridgehead atoms. The number of tetrazole rings is 1. The van der Waals surface area contributed by atoms with Gasteiger partial charge in [-0.2, -0.15) is 4.68 Å². The molecule has 138 valence electrons. The first kappa shape index (κ1) is 17.7. The average Bonchev–Trinajstić information content (AvgIpc) is 3.34. The van der Waals surface area contributed by atoms with Crippen LogP contribution < -0.4 is 5.32 Å². The zero-order chi connectivity index (χ0) is 18.7. The second-order valence-electron chi connectivity index (χ2n) is 6.92. The van der Waals surface area contributed by atoms with Crippen molar-refractivity contribution in [2.24, 2.45) is 0 Å². The Bertz CT molecular complexity index is 936. The molecule has 0 aliphatic heterocycles. The van der Waals surface area contributed by atoms with Crippen molar-refractivity contribution >= 4 is 17.7 Å². The predicted molar refractivity (Wildman–Crippen MR) is 105 cm³/mol. The summed E-state index contributed by atoms with van der Waals surface area (Å²) in [5.41, 5.74) is 3.45. The first-order valence-electron chi connectivity index (χ1n) is 8.97. The molecule has 1 aromatic heterocycles. The van der Waals surface area contributed by atoms with Crippen molar-refractivity contribution in [3.8, 4) is 5.69 Å². The summed E-state index contributed by atoms with van der Waals surface area (Å²) in [7, 11) is 0. The van der Waals surface area contributed by atoms with Gasteiger partial charge in [0.1, 0.15) is 0 Å². The molecular weight excluding hydrogens is 358 g/mol. The molecule has 0 spiro atoms. The van der Waals surface area contributed by atoms with Gasteiger partial charge in [-0.1, -0.05) is 54.2 Å². The van der Waals surface area contributed by atoms with Gasteiger partial charge in [-0.3, -0.25) is 4.79 Å². The molecule has 0 unspecified atom stereocenters. The van der Waals surface area contributed by atoms with Gasteiger partial charge in [0.2, 0.25) is 11.1 Å². The number of aromatic nitrogens is 4. The van der Waals surface area contributed by atoms with Gasteiger partial charge in [0.05, 0.1) is 11.4 Å². The van der Waals surface area contributed by atoms with Crippen molar-refractivity contribution < 1.29 is 4.79 Å². The number of nitrogens with one attached hydrogen (secondary N) is 1. The SMILES string of the molecule is Cc1cccc(-n2nnnc2SCC(=O)NCC2(c3ccccc3)CC2)c1. The third-order valence-corrected chi connectivity index (χ3v) is 5.80. The number of nitrogens with zero attached hydrogens (tertiary/aromatic N) is 4. The van der Waals surface area contributed by atoms with Gasteiger partial charge in [0, 0.05) is 12.0 Å². The molecule has 0 atom stereocenters. The average molecular weight is 379 g/mol. The summed E-state index contributed by atoms with van der Waals surface area (Å²) < 4.78 is 1.66. The molecule has 3 aromatic rings. The highest BCUT2D eigenvalue weighted by Crippen LogP contribution is 2.47. The number of rotatable bonds is 7. The van der Waals surface area contributed by atoms with E-state index in [0.29, 0.717) is 11.7 Å². The molecule has 0 saturated heterocycles. The highest BCUT2D eigenvalue weighted by Gasteiger charge is 2.44. The topological polar surface area (TPSA) is 72.7 Å². The fourth-order valence-corrected chi connectivity index (χ4v) is 3.87. The van der Waals surface area contributed by atoms with E-state index in [1.807, 2.05) is 37.3 Å². The number of benzene rings is 2. The van der Waals surface area contributed by atoms with Crippen LogP contribution in [0.5, 0.6) is 0 Å². The Morgan fingerprint density at radius 3 is 2.74 bits per heavy atom. The maximum Gasteiger partial charge on any atom is 0.230 e. The van der Waals surface area contributed by atoms with Crippen LogP contribution >= 0.6 is 11.8 Å². The zero-order valence-corrected chi connectivity index (χ0v) is 15.9. The van der Waals surface area contributed by atoms with Crippen LogP contribution in [0.3, 0.4) is 0 Å². The van der Waals surface area contributed by atoms with Gasteiger partial charge < -0.3 is 5.32 Å². The highest BCUT2D eigenvalue weighted by atomic mass is 32.2. The Morgan fingerprint density at radius 2 is 2.00 bits per heavy atom. The van der Waals surface area contributed by atoms with E-state index in [0.717, 1.165) is 24.1 Å². The third-order valence-electron chi connectivity index (χ3n) is 4.88. The van der Waals surface area contributed by atoms with Gasteiger partial charge in [-0.15, -0.1) is 5.10 Å². The van der Waals surface area contributed by atoms with E-state index in [2.05, 4.69) is 45.1 Å². The summed E-state index contributed by atoms with van der Waals surface area (Å²) in [6.07, 6.45) is 2.24. The smallest absolute Gasteiger partial charge is 0.230 e. The molecular formula is C20H21N5OS. The second kappa shape index (κ2) is 7.52. The summed E-state index contributed by atoms with van der Waals surface area (Å²) >= 11 is 1.34. The number of aryl methyl sites for hydroxylation is 1. The molecule has 1 N–H and O–H groups in total. The Balaban J connectivity index is 1.34. The molecule has 6 nitrogen and oxygen atoms in total. The lowest BCUT2D eigenvalue weighted by Gasteiger charge is -2.16. The molecule has 7 heteroatoms. The Kier molecular flexibility index (Phi) is 4.94. The van der Waals surface area contributed by atoms with Crippen LogP contribution in [0.15, 0.2) is 59.8 Å². The summed E-state index contributed by atoms with van der Waals surface area (Å²) in [4.78, 5) is 12.3. The fraction of sp³-hybridized carbons (Fsp3) is 0.300. The predicted octanol–water partition coefficient (Wildman–Crippen LogP) is 2.91. The standard InChI is InChI=1S/C20H21N5OS/c1-15-6-5-9-17(12-15)25-19(22-23-24-25)27-13-18(26)21-14-20(10-11-20)16-7-3-2-4-8-16/h2-9,12H,10-11,13-14H2,1H3,(H,21,26). The van der Waals surface area contributed by atoms with Crippen LogP contribution in [-0.4, -0.2) is 38.4 Å². The largest absolute Gasteiger partial charge is 0.354 e. The van der Waals surface area contributed by atoms with Gasteiger partial charge in [-0.05, 0) is 53.5 Å². The van der Waals surface area contributed by atoms with Crippen LogP contribution in [0, 0.1) is 6.92 Å². The molecule has 1 heterocycles. The highest BCUT2D eigenvalue weighted by molar-refractivity contribution is 7.99. The molecule has 0 radical (unpaired) electrons. The van der Waals surface area contributed by atoms with Crippen molar-refractivity contribution in [3.63, 3.8) is 0 Å². The third kappa shape index (κ3) is 4.03. The van der Waals surface area contributed by atoms with E-state index in [9.17, 15) is 4.79 Å². The number of thioether (sulfide) groups is 1. The monoisotopic (exact) mass is 379 g/mol. The van der Waals surface area contributed by atoms with Crippen LogP contribution in [-0.2, 0) is 10.2 Å². The minimum atomic E-state index is 0.000924. The van der Waals surface area contributed by atoms with Gasteiger partial charge in [0.15, 0.2) is 0 Å². The quantitative estimate of drug-likeness (QED) is 0.639. The molecule has 4 rings (SSSR count). The van der Waals surface area contributed by atoms with E-state index < -0.39 is 0 Å². The molecule has 2 aromatic carbocycles. The fourth-order valence-electron chi connectivity index (χ4n) is 3.15. The van der Waals surface area contributed by atoms with E-state index in [-0.39, 0.29) is 17.1 Å². The van der Waals surface area contributed by atoms with Gasteiger partial charge in [0.25, 0.3) is 0 Å². The molecule has 1 aliphatic carbocycles. The van der Waals surface area contributed by atoms with Crippen molar-refractivity contribution in [2.45, 2.75) is 30.3 Å². The first-order chi connectivity index (χ1) is 13.2. The minimum Gasteiger partial charge on any atom is -0.354 e. The maximum absolute atomic E-state index is 12.3. The summed E-state index contributed by atoms with van der Waals surface area (Å²) in [5.74, 6) is 0.290. The van der Waals surface area contributed by atoms with Crippen molar-refractivity contribution in [2.75, 3.05) is 12.3 Å². The normalized spacial score (nSPS) is 14.7.